The molecule has 0 aromatic heterocycles. The van der Waals surface area contributed by atoms with Crippen LogP contribution in [0.15, 0.2) is 30.3 Å². The summed E-state index contributed by atoms with van der Waals surface area (Å²) in [6.07, 6.45) is 0. The Morgan fingerprint density at radius 1 is 1.10 bits per heavy atom. The zero-order valence-electron chi connectivity index (χ0n) is 5.69. The number of para-hydroxylation sites is 1. The molecule has 0 amide bonds. The number of hydrogen-bond donors (Lipinski definition) is 0. The summed E-state index contributed by atoms with van der Waals surface area (Å²) in [5.74, 6) is 0.910. The molecule has 0 heterocycles. The molecule has 0 spiro atoms. The van der Waals surface area contributed by atoms with Crippen molar-refractivity contribution in [3.8, 4) is 5.75 Å². The molecule has 0 radical (unpaired) electrons. The van der Waals surface area contributed by atoms with Gasteiger partial charge in [0, 0.05) is 10.8 Å². The van der Waals surface area contributed by atoms with E-state index in [0.29, 0.717) is 0 Å². The zero-order valence-corrected chi connectivity index (χ0v) is 5.69. The summed E-state index contributed by atoms with van der Waals surface area (Å²) in [5.41, 5.74) is 0. The summed E-state index contributed by atoms with van der Waals surface area (Å²) >= 11 is 0. The van der Waals surface area contributed by atoms with Crippen LogP contribution in [0, 0.1) is 10.8 Å². The maximum atomic E-state index is 6.00. The van der Waals surface area contributed by atoms with Crippen LogP contribution < -0.4 is 4.74 Å². The van der Waals surface area contributed by atoms with Crippen molar-refractivity contribution in [1.82, 2.24) is 0 Å². The molecular formula is C7H8N2O. The van der Waals surface area contributed by atoms with E-state index in [1.54, 1.807) is 7.11 Å². The Kier molecular flexibility index (Phi) is 4.70. The number of hydrogen-bond acceptors (Lipinski definition) is 3. The van der Waals surface area contributed by atoms with E-state index in [-0.39, 0.29) is 0 Å². The molecule has 0 atom stereocenters. The van der Waals surface area contributed by atoms with Gasteiger partial charge in [0.25, 0.3) is 0 Å². The van der Waals surface area contributed by atoms with E-state index in [4.69, 9.17) is 15.5 Å². The van der Waals surface area contributed by atoms with Crippen LogP contribution in [-0.4, -0.2) is 7.11 Å². The molecule has 0 saturated carbocycles. The Morgan fingerprint density at radius 2 is 1.60 bits per heavy atom. The highest BCUT2D eigenvalue weighted by Crippen LogP contribution is 2.05. The summed E-state index contributed by atoms with van der Waals surface area (Å²) in [6.45, 7) is 0. The molecule has 3 nitrogen and oxygen atoms in total. The Hall–Kier alpha value is -1.56. The molecule has 0 N–H and O–H groups in total. The highest BCUT2D eigenvalue weighted by atomic mass is 16.5. The van der Waals surface area contributed by atoms with Crippen LogP contribution in [0.25, 0.3) is 0 Å². The third-order valence-electron chi connectivity index (χ3n) is 0.979. The van der Waals surface area contributed by atoms with Crippen molar-refractivity contribution < 1.29 is 4.74 Å². The van der Waals surface area contributed by atoms with Crippen LogP contribution in [0.4, 0.5) is 0 Å². The van der Waals surface area contributed by atoms with Crippen molar-refractivity contribution in [2.45, 2.75) is 0 Å². The Balaban J connectivity index is 0.000000371. The first-order chi connectivity index (χ1) is 4.93. The molecule has 1 aromatic rings. The second-order valence-corrected chi connectivity index (χ2v) is 1.52. The maximum Gasteiger partial charge on any atom is 0.118 e. The summed E-state index contributed by atoms with van der Waals surface area (Å²) in [6, 6.07) is 9.68. The molecule has 10 heavy (non-hydrogen) atoms. The van der Waals surface area contributed by atoms with E-state index >= 15 is 0 Å². The van der Waals surface area contributed by atoms with Crippen LogP contribution in [0.1, 0.15) is 0 Å². The second kappa shape index (κ2) is 5.57. The van der Waals surface area contributed by atoms with Crippen LogP contribution in [0.5, 0.6) is 5.75 Å². The quantitative estimate of drug-likeness (QED) is 0.552. The van der Waals surface area contributed by atoms with Gasteiger partial charge >= 0.3 is 0 Å². The standard InChI is InChI=1S/C7H8O.N2/c1-8-7-5-3-2-4-6-7;1-2/h2-6H,1H3;. The van der Waals surface area contributed by atoms with Gasteiger partial charge in [-0.1, -0.05) is 18.2 Å². The van der Waals surface area contributed by atoms with Gasteiger partial charge in [-0.2, -0.15) is 0 Å². The Morgan fingerprint density at radius 3 is 1.90 bits per heavy atom. The average Bonchev–Trinajstić information content (AvgIpc) is 2.10. The van der Waals surface area contributed by atoms with Gasteiger partial charge in [0.15, 0.2) is 0 Å². The van der Waals surface area contributed by atoms with E-state index in [9.17, 15) is 0 Å². The van der Waals surface area contributed by atoms with Crippen molar-refractivity contribution in [3.05, 3.63) is 30.3 Å². The van der Waals surface area contributed by atoms with Crippen LogP contribution in [-0.2, 0) is 0 Å². The monoisotopic (exact) mass is 136 g/mol. The molecule has 0 aliphatic rings. The van der Waals surface area contributed by atoms with Gasteiger partial charge in [-0.25, -0.2) is 0 Å². The fourth-order valence-corrected chi connectivity index (χ4v) is 0.557. The van der Waals surface area contributed by atoms with Gasteiger partial charge in [-0.3, -0.25) is 0 Å². The van der Waals surface area contributed by atoms with E-state index in [0.717, 1.165) is 5.75 Å². The highest BCUT2D eigenvalue weighted by Gasteiger charge is 1.80. The molecule has 3 heteroatoms. The Labute approximate surface area is 59.7 Å². The number of ether oxygens (including phenoxy) is 1. The van der Waals surface area contributed by atoms with Crippen molar-refractivity contribution >= 4 is 0 Å². The first-order valence-electron chi connectivity index (χ1n) is 2.72. The number of nitrogens with zero attached hydrogens (tertiary/aromatic N) is 2. The van der Waals surface area contributed by atoms with E-state index in [1.165, 1.54) is 0 Å². The van der Waals surface area contributed by atoms with Crippen LogP contribution in [0.2, 0.25) is 0 Å². The molecule has 0 fully saturated rings. The van der Waals surface area contributed by atoms with Gasteiger partial charge in [0.2, 0.25) is 0 Å². The predicted molar refractivity (Wildman–Crippen MR) is 36.4 cm³/mol. The smallest absolute Gasteiger partial charge is 0.118 e. The summed E-state index contributed by atoms with van der Waals surface area (Å²) < 4.78 is 4.91. The largest absolute Gasteiger partial charge is 0.497 e. The van der Waals surface area contributed by atoms with Crippen molar-refractivity contribution in [2.24, 2.45) is 0 Å². The zero-order chi connectivity index (χ0) is 7.82. The third kappa shape index (κ3) is 2.68. The van der Waals surface area contributed by atoms with Gasteiger partial charge in [-0.05, 0) is 12.1 Å². The molecule has 0 aliphatic carbocycles. The number of rotatable bonds is 1. The van der Waals surface area contributed by atoms with Crippen LogP contribution in [0.3, 0.4) is 0 Å². The maximum absolute atomic E-state index is 6.00. The lowest BCUT2D eigenvalue weighted by Crippen LogP contribution is -1.78. The molecule has 0 unspecified atom stereocenters. The minimum atomic E-state index is 0.910. The van der Waals surface area contributed by atoms with E-state index < -0.39 is 0 Å². The summed E-state index contributed by atoms with van der Waals surface area (Å²) in [7, 11) is 1.66. The van der Waals surface area contributed by atoms with Crippen molar-refractivity contribution in [3.63, 3.8) is 0 Å². The normalized spacial score (nSPS) is 7.10. The minimum absolute atomic E-state index is 0.910. The van der Waals surface area contributed by atoms with Gasteiger partial charge in [0.05, 0.1) is 7.11 Å². The van der Waals surface area contributed by atoms with Crippen LogP contribution >= 0.6 is 0 Å². The number of benzene rings is 1. The molecule has 52 valence electrons. The fourth-order valence-electron chi connectivity index (χ4n) is 0.557. The molecule has 1 rings (SSSR count). The van der Waals surface area contributed by atoms with Crippen molar-refractivity contribution in [1.29, 1.82) is 10.8 Å². The lowest BCUT2D eigenvalue weighted by Gasteiger charge is -1.93. The first-order valence-corrected chi connectivity index (χ1v) is 2.72. The summed E-state index contributed by atoms with van der Waals surface area (Å²) in [4.78, 5) is 0. The van der Waals surface area contributed by atoms with E-state index in [2.05, 4.69) is 0 Å². The molecule has 0 saturated heterocycles. The third-order valence-corrected chi connectivity index (χ3v) is 0.979. The second-order valence-electron chi connectivity index (χ2n) is 1.52. The molecule has 1 aromatic carbocycles. The molecule has 0 bridgehead atoms. The molecular weight excluding hydrogens is 128 g/mol. The number of methoxy groups -OCH3 is 1. The topological polar surface area (TPSA) is 56.8 Å². The predicted octanol–water partition coefficient (Wildman–Crippen LogP) is 1.73. The average molecular weight is 136 g/mol. The van der Waals surface area contributed by atoms with E-state index in [1.807, 2.05) is 30.3 Å². The van der Waals surface area contributed by atoms with Gasteiger partial charge < -0.3 is 4.74 Å². The van der Waals surface area contributed by atoms with Crippen molar-refractivity contribution in [2.75, 3.05) is 7.11 Å². The Bertz CT molecular complexity index is 183. The minimum Gasteiger partial charge on any atom is -0.497 e. The summed E-state index contributed by atoms with van der Waals surface area (Å²) in [5, 5.41) is 12.0. The highest BCUT2D eigenvalue weighted by molar-refractivity contribution is 5.20. The first kappa shape index (κ1) is 8.44. The fraction of sp³-hybridized carbons (Fsp3) is 0.143. The lowest BCUT2D eigenvalue weighted by atomic mass is 10.3. The SMILES string of the molecule is COc1ccccc1.N#N. The molecule has 0 aliphatic heterocycles. The van der Waals surface area contributed by atoms with Gasteiger partial charge in [0.1, 0.15) is 5.75 Å². The van der Waals surface area contributed by atoms with Gasteiger partial charge in [-0.15, -0.1) is 0 Å². The lowest BCUT2D eigenvalue weighted by molar-refractivity contribution is 0.415.